The summed E-state index contributed by atoms with van der Waals surface area (Å²) in [7, 11) is -3.05. The van der Waals surface area contributed by atoms with Crippen molar-refractivity contribution in [3.63, 3.8) is 0 Å². The number of nitrogens with one attached hydrogen (secondary N) is 1. The molecule has 3 rings (SSSR count). The molecule has 2 aromatic rings. The van der Waals surface area contributed by atoms with Crippen LogP contribution in [0.5, 0.6) is 0 Å². The summed E-state index contributed by atoms with van der Waals surface area (Å²) in [5.41, 5.74) is 3.22. The number of benzene rings is 1. The number of aromatic nitrogens is 2. The molecule has 1 aliphatic rings. The van der Waals surface area contributed by atoms with Crippen LogP contribution >= 0.6 is 0 Å². The minimum Gasteiger partial charge on any atom is -0.345 e. The average molecular weight is 294 g/mol. The standard InChI is InChI=1S/C13H18N4O2S/c1-20(18,19)17-6-4-16(5-7-17)9-11-2-3-12-13(8-11)15-10-14-12/h2-3,8,10H,4-7,9H2,1H3,(H,14,15). The van der Waals surface area contributed by atoms with Crippen LogP contribution in [0.15, 0.2) is 24.5 Å². The van der Waals surface area contributed by atoms with Gasteiger partial charge >= 0.3 is 0 Å². The number of fused-ring (bicyclic) bond motifs is 1. The lowest BCUT2D eigenvalue weighted by Gasteiger charge is -2.33. The van der Waals surface area contributed by atoms with Crippen LogP contribution in [-0.2, 0) is 16.6 Å². The molecule has 1 aromatic heterocycles. The van der Waals surface area contributed by atoms with Crippen molar-refractivity contribution in [1.29, 1.82) is 0 Å². The van der Waals surface area contributed by atoms with E-state index < -0.39 is 10.0 Å². The first-order valence-electron chi connectivity index (χ1n) is 6.62. The van der Waals surface area contributed by atoms with E-state index in [-0.39, 0.29) is 0 Å². The number of hydrogen-bond donors (Lipinski definition) is 1. The predicted octanol–water partition coefficient (Wildman–Crippen LogP) is 0.640. The van der Waals surface area contributed by atoms with Gasteiger partial charge in [-0.15, -0.1) is 0 Å². The molecule has 2 heterocycles. The highest BCUT2D eigenvalue weighted by Gasteiger charge is 2.23. The summed E-state index contributed by atoms with van der Waals surface area (Å²) in [6, 6.07) is 6.19. The van der Waals surface area contributed by atoms with Gasteiger partial charge in [-0.1, -0.05) is 6.07 Å². The first-order chi connectivity index (χ1) is 9.52. The fraction of sp³-hybridized carbons (Fsp3) is 0.462. The van der Waals surface area contributed by atoms with Crippen molar-refractivity contribution in [2.24, 2.45) is 0 Å². The lowest BCUT2D eigenvalue weighted by Crippen LogP contribution is -2.47. The summed E-state index contributed by atoms with van der Waals surface area (Å²) in [5.74, 6) is 0. The number of sulfonamides is 1. The Bertz CT molecular complexity index is 702. The van der Waals surface area contributed by atoms with E-state index in [1.54, 1.807) is 10.6 Å². The van der Waals surface area contributed by atoms with E-state index >= 15 is 0 Å². The second-order valence-corrected chi connectivity index (χ2v) is 7.17. The Labute approximate surface area is 118 Å². The van der Waals surface area contributed by atoms with Crippen molar-refractivity contribution in [3.8, 4) is 0 Å². The Morgan fingerprint density at radius 2 is 2.00 bits per heavy atom. The maximum absolute atomic E-state index is 11.5. The largest absolute Gasteiger partial charge is 0.345 e. The van der Waals surface area contributed by atoms with Crippen LogP contribution < -0.4 is 0 Å². The quantitative estimate of drug-likeness (QED) is 0.902. The molecule has 0 amide bonds. The number of H-pyrrole nitrogens is 1. The molecule has 0 bridgehead atoms. The molecule has 20 heavy (non-hydrogen) atoms. The molecule has 0 unspecified atom stereocenters. The van der Waals surface area contributed by atoms with Gasteiger partial charge in [0.2, 0.25) is 10.0 Å². The van der Waals surface area contributed by atoms with Crippen molar-refractivity contribution in [2.75, 3.05) is 32.4 Å². The second kappa shape index (κ2) is 5.16. The van der Waals surface area contributed by atoms with Crippen molar-refractivity contribution in [3.05, 3.63) is 30.1 Å². The Morgan fingerprint density at radius 1 is 1.25 bits per heavy atom. The van der Waals surface area contributed by atoms with Gasteiger partial charge in [0.25, 0.3) is 0 Å². The fourth-order valence-corrected chi connectivity index (χ4v) is 3.39. The highest BCUT2D eigenvalue weighted by Crippen LogP contribution is 2.15. The zero-order valence-electron chi connectivity index (χ0n) is 11.4. The highest BCUT2D eigenvalue weighted by atomic mass is 32.2. The van der Waals surface area contributed by atoms with Crippen LogP contribution in [0.1, 0.15) is 5.56 Å². The zero-order valence-corrected chi connectivity index (χ0v) is 12.2. The summed E-state index contributed by atoms with van der Waals surface area (Å²) in [4.78, 5) is 9.59. The number of aromatic amines is 1. The van der Waals surface area contributed by atoms with Crippen molar-refractivity contribution in [2.45, 2.75) is 6.54 Å². The van der Waals surface area contributed by atoms with Crippen LogP contribution in [0.2, 0.25) is 0 Å². The maximum Gasteiger partial charge on any atom is 0.211 e. The smallest absolute Gasteiger partial charge is 0.211 e. The number of nitrogens with zero attached hydrogens (tertiary/aromatic N) is 3. The third-order valence-electron chi connectivity index (χ3n) is 3.69. The summed E-state index contributed by atoms with van der Waals surface area (Å²) in [6.07, 6.45) is 2.97. The molecule has 1 N–H and O–H groups in total. The lowest BCUT2D eigenvalue weighted by molar-refractivity contribution is 0.182. The predicted molar refractivity (Wildman–Crippen MR) is 77.8 cm³/mol. The highest BCUT2D eigenvalue weighted by molar-refractivity contribution is 7.88. The number of rotatable bonds is 3. The van der Waals surface area contributed by atoms with Gasteiger partial charge < -0.3 is 4.98 Å². The van der Waals surface area contributed by atoms with Crippen LogP contribution in [0.4, 0.5) is 0 Å². The van der Waals surface area contributed by atoms with Gasteiger partial charge in [0.1, 0.15) is 0 Å². The normalized spacial score (nSPS) is 18.6. The van der Waals surface area contributed by atoms with E-state index in [0.29, 0.717) is 13.1 Å². The molecule has 108 valence electrons. The topological polar surface area (TPSA) is 69.3 Å². The Kier molecular flexibility index (Phi) is 3.49. The molecular formula is C13H18N4O2S. The lowest BCUT2D eigenvalue weighted by atomic mass is 10.2. The molecule has 7 heteroatoms. The van der Waals surface area contributed by atoms with Crippen LogP contribution in [-0.4, -0.2) is 60.0 Å². The fourth-order valence-electron chi connectivity index (χ4n) is 2.56. The molecule has 0 atom stereocenters. The van der Waals surface area contributed by atoms with Crippen LogP contribution in [0.3, 0.4) is 0 Å². The molecule has 0 spiro atoms. The summed E-state index contributed by atoms with van der Waals surface area (Å²) < 4.78 is 24.5. The molecule has 1 fully saturated rings. The first-order valence-corrected chi connectivity index (χ1v) is 8.47. The first kappa shape index (κ1) is 13.5. The zero-order chi connectivity index (χ0) is 14.2. The molecule has 6 nitrogen and oxygen atoms in total. The number of piperazine rings is 1. The Balaban J connectivity index is 1.64. The molecule has 1 aliphatic heterocycles. The summed E-state index contributed by atoms with van der Waals surface area (Å²) in [6.45, 7) is 3.53. The SMILES string of the molecule is CS(=O)(=O)N1CCN(Cc2ccc3nc[nH]c3c2)CC1. The molecular weight excluding hydrogens is 276 g/mol. The van der Waals surface area contributed by atoms with E-state index in [9.17, 15) is 8.42 Å². The van der Waals surface area contributed by atoms with Crippen LogP contribution in [0, 0.1) is 0 Å². The van der Waals surface area contributed by atoms with Crippen molar-refractivity contribution < 1.29 is 8.42 Å². The maximum atomic E-state index is 11.5. The second-order valence-electron chi connectivity index (χ2n) is 5.19. The minimum absolute atomic E-state index is 0.575. The average Bonchev–Trinajstić information content (AvgIpc) is 2.86. The van der Waals surface area contributed by atoms with E-state index in [2.05, 4.69) is 27.0 Å². The minimum atomic E-state index is -3.05. The number of hydrogen-bond acceptors (Lipinski definition) is 4. The van der Waals surface area contributed by atoms with Gasteiger partial charge in [-0.3, -0.25) is 4.90 Å². The molecule has 0 aliphatic carbocycles. The Morgan fingerprint density at radius 3 is 2.70 bits per heavy atom. The van der Waals surface area contributed by atoms with E-state index in [0.717, 1.165) is 30.7 Å². The number of imidazole rings is 1. The third-order valence-corrected chi connectivity index (χ3v) is 4.99. The van der Waals surface area contributed by atoms with Gasteiger partial charge in [-0.2, -0.15) is 4.31 Å². The van der Waals surface area contributed by atoms with E-state index in [1.165, 1.54) is 11.8 Å². The third kappa shape index (κ3) is 2.84. The molecule has 0 saturated carbocycles. The van der Waals surface area contributed by atoms with E-state index in [1.807, 2.05) is 6.07 Å². The van der Waals surface area contributed by atoms with Gasteiger partial charge in [0.05, 0.1) is 23.6 Å². The van der Waals surface area contributed by atoms with Crippen molar-refractivity contribution >= 4 is 21.1 Å². The molecule has 0 radical (unpaired) electrons. The van der Waals surface area contributed by atoms with Gasteiger partial charge in [-0.25, -0.2) is 13.4 Å². The van der Waals surface area contributed by atoms with Gasteiger partial charge in [0, 0.05) is 32.7 Å². The van der Waals surface area contributed by atoms with Gasteiger partial charge in [0.15, 0.2) is 0 Å². The molecule has 1 aromatic carbocycles. The molecule has 1 saturated heterocycles. The van der Waals surface area contributed by atoms with Gasteiger partial charge in [-0.05, 0) is 17.7 Å². The summed E-state index contributed by atoms with van der Waals surface area (Å²) >= 11 is 0. The monoisotopic (exact) mass is 294 g/mol. The summed E-state index contributed by atoms with van der Waals surface area (Å²) in [5, 5.41) is 0. The van der Waals surface area contributed by atoms with Crippen molar-refractivity contribution in [1.82, 2.24) is 19.2 Å². The Hall–Kier alpha value is -1.44. The van der Waals surface area contributed by atoms with Crippen LogP contribution in [0.25, 0.3) is 11.0 Å². The van der Waals surface area contributed by atoms with E-state index in [4.69, 9.17) is 0 Å².